The smallest absolute Gasteiger partial charge is 0.405 e. The molecule has 1 aliphatic carbocycles. The van der Waals surface area contributed by atoms with Crippen LogP contribution in [-0.2, 0) is 6.54 Å². The van der Waals surface area contributed by atoms with Gasteiger partial charge in [-0.3, -0.25) is 10.1 Å². The zero-order valence-electron chi connectivity index (χ0n) is 16.6. The van der Waals surface area contributed by atoms with Crippen molar-refractivity contribution in [3.05, 3.63) is 46.1 Å². The summed E-state index contributed by atoms with van der Waals surface area (Å²) >= 11 is 0. The van der Waals surface area contributed by atoms with Crippen LogP contribution in [0.5, 0.6) is 5.75 Å². The molecule has 4 N–H and O–H groups in total. The van der Waals surface area contributed by atoms with Crippen molar-refractivity contribution in [2.45, 2.75) is 44.6 Å². The fourth-order valence-corrected chi connectivity index (χ4v) is 3.64. The van der Waals surface area contributed by atoms with Crippen molar-refractivity contribution >= 4 is 17.5 Å². The van der Waals surface area contributed by atoms with Gasteiger partial charge in [-0.05, 0) is 37.7 Å². The topological polar surface area (TPSA) is 133 Å². The van der Waals surface area contributed by atoms with Gasteiger partial charge < -0.3 is 21.1 Å². The van der Waals surface area contributed by atoms with E-state index in [1.807, 2.05) is 0 Å². The standard InChI is InChI=1S/C19H23F3N6O3/c20-19(21,22)31-16-4-2-1-3-13(16)11-27(10-12-5-7-14(23)8-6-12)18-25-9-15(28(29)30)17(24)26-18/h1-4,9,12,14H,5-8,10-11,23H2,(H2,24,25,26)/t12-,14-. The van der Waals surface area contributed by atoms with Crippen molar-refractivity contribution in [1.29, 1.82) is 0 Å². The average molecular weight is 440 g/mol. The molecular formula is C19H23F3N6O3. The zero-order chi connectivity index (χ0) is 22.6. The number of nitrogens with two attached hydrogens (primary N) is 2. The zero-order valence-corrected chi connectivity index (χ0v) is 16.6. The van der Waals surface area contributed by atoms with E-state index in [9.17, 15) is 23.3 Å². The lowest BCUT2D eigenvalue weighted by atomic mass is 9.86. The number of hydrogen-bond acceptors (Lipinski definition) is 8. The Morgan fingerprint density at radius 2 is 1.90 bits per heavy atom. The number of ether oxygens (including phenoxy) is 1. The van der Waals surface area contributed by atoms with Crippen LogP contribution < -0.4 is 21.1 Å². The van der Waals surface area contributed by atoms with Gasteiger partial charge in [0.15, 0.2) is 0 Å². The molecule has 12 heteroatoms. The van der Waals surface area contributed by atoms with Gasteiger partial charge in [0.05, 0.1) is 4.92 Å². The SMILES string of the molecule is Nc1nc(N(Cc2ccccc2OC(F)(F)F)C[C@H]2CC[C@H](N)CC2)ncc1[N+](=O)[O-]. The number of para-hydroxylation sites is 1. The second-order valence-corrected chi connectivity index (χ2v) is 7.51. The summed E-state index contributed by atoms with van der Waals surface area (Å²) in [5.41, 5.74) is 11.5. The minimum absolute atomic E-state index is 0.00601. The number of nitrogen functional groups attached to an aromatic ring is 1. The summed E-state index contributed by atoms with van der Waals surface area (Å²) in [5.74, 6) is -0.332. The van der Waals surface area contributed by atoms with Crippen molar-refractivity contribution in [2.75, 3.05) is 17.2 Å². The van der Waals surface area contributed by atoms with Crippen molar-refractivity contribution in [3.8, 4) is 5.75 Å². The predicted molar refractivity (Wildman–Crippen MR) is 107 cm³/mol. The summed E-state index contributed by atoms with van der Waals surface area (Å²) in [7, 11) is 0. The maximum atomic E-state index is 12.8. The Balaban J connectivity index is 1.90. The quantitative estimate of drug-likeness (QED) is 0.494. The van der Waals surface area contributed by atoms with Gasteiger partial charge in [0.25, 0.3) is 0 Å². The van der Waals surface area contributed by atoms with Crippen LogP contribution in [0.25, 0.3) is 0 Å². The lowest BCUT2D eigenvalue weighted by molar-refractivity contribution is -0.384. The monoisotopic (exact) mass is 440 g/mol. The number of nitrogens with zero attached hydrogens (tertiary/aromatic N) is 4. The first-order valence-electron chi connectivity index (χ1n) is 9.73. The van der Waals surface area contributed by atoms with E-state index < -0.39 is 17.0 Å². The summed E-state index contributed by atoms with van der Waals surface area (Å²) < 4.78 is 42.6. The highest BCUT2D eigenvalue weighted by atomic mass is 19.4. The molecule has 2 aromatic rings. The second-order valence-electron chi connectivity index (χ2n) is 7.51. The minimum atomic E-state index is -4.84. The Labute approximate surface area is 176 Å². The van der Waals surface area contributed by atoms with E-state index in [1.54, 1.807) is 11.0 Å². The molecule has 1 aromatic carbocycles. The first kappa shape index (κ1) is 22.5. The number of halogens is 3. The van der Waals surface area contributed by atoms with Crippen LogP contribution in [0.3, 0.4) is 0 Å². The molecule has 0 saturated heterocycles. The molecule has 168 valence electrons. The van der Waals surface area contributed by atoms with Gasteiger partial charge >= 0.3 is 12.0 Å². The molecule has 0 atom stereocenters. The molecule has 9 nitrogen and oxygen atoms in total. The molecule has 3 rings (SSSR count). The molecule has 1 fully saturated rings. The first-order valence-corrected chi connectivity index (χ1v) is 9.73. The van der Waals surface area contributed by atoms with Gasteiger partial charge in [0.1, 0.15) is 11.9 Å². The molecule has 0 bridgehead atoms. The van der Waals surface area contributed by atoms with Crippen LogP contribution in [0.1, 0.15) is 31.2 Å². The molecule has 1 heterocycles. The molecule has 1 aliphatic rings. The van der Waals surface area contributed by atoms with Gasteiger partial charge in [-0.25, -0.2) is 4.98 Å². The Kier molecular flexibility index (Phi) is 6.78. The number of rotatable bonds is 7. The highest BCUT2D eigenvalue weighted by Gasteiger charge is 2.32. The van der Waals surface area contributed by atoms with Crippen LogP contribution in [-0.4, -0.2) is 33.8 Å². The Hall–Kier alpha value is -3.15. The van der Waals surface area contributed by atoms with Gasteiger partial charge in [-0.15, -0.1) is 13.2 Å². The van der Waals surface area contributed by atoms with E-state index in [1.165, 1.54) is 18.2 Å². The molecule has 0 unspecified atom stereocenters. The maximum Gasteiger partial charge on any atom is 0.573 e. The van der Waals surface area contributed by atoms with Crippen LogP contribution in [0.15, 0.2) is 30.5 Å². The second kappa shape index (κ2) is 9.33. The Morgan fingerprint density at radius 1 is 1.23 bits per heavy atom. The average Bonchev–Trinajstić information content (AvgIpc) is 2.69. The number of hydrogen-bond donors (Lipinski definition) is 2. The highest BCUT2D eigenvalue weighted by molar-refractivity contribution is 5.54. The molecule has 1 aromatic heterocycles. The van der Waals surface area contributed by atoms with Gasteiger partial charge in [-0.2, -0.15) is 4.98 Å². The van der Waals surface area contributed by atoms with E-state index in [4.69, 9.17) is 11.5 Å². The maximum absolute atomic E-state index is 12.8. The Bertz CT molecular complexity index is 919. The third-order valence-electron chi connectivity index (χ3n) is 5.19. The van der Waals surface area contributed by atoms with Crippen LogP contribution in [0.4, 0.5) is 30.6 Å². The van der Waals surface area contributed by atoms with Crippen LogP contribution >= 0.6 is 0 Å². The first-order chi connectivity index (χ1) is 14.6. The fourth-order valence-electron chi connectivity index (χ4n) is 3.64. The lowest BCUT2D eigenvalue weighted by Crippen LogP contribution is -2.35. The van der Waals surface area contributed by atoms with E-state index in [0.29, 0.717) is 6.54 Å². The number of aromatic nitrogens is 2. The third kappa shape index (κ3) is 6.17. The van der Waals surface area contributed by atoms with Gasteiger partial charge in [0, 0.05) is 24.7 Å². The van der Waals surface area contributed by atoms with E-state index in [0.717, 1.165) is 31.9 Å². The number of nitro groups is 1. The summed E-state index contributed by atoms with van der Waals surface area (Å²) in [6, 6.07) is 5.92. The van der Waals surface area contributed by atoms with Crippen molar-refractivity contribution in [1.82, 2.24) is 9.97 Å². The Morgan fingerprint density at radius 3 is 2.52 bits per heavy atom. The summed E-state index contributed by atoms with van der Waals surface area (Å²) in [6.45, 7) is 0.441. The van der Waals surface area contributed by atoms with Crippen molar-refractivity contribution in [2.24, 2.45) is 11.7 Å². The van der Waals surface area contributed by atoms with Gasteiger partial charge in [-0.1, -0.05) is 18.2 Å². The summed E-state index contributed by atoms with van der Waals surface area (Å²) in [6.07, 6.45) is -0.457. The van der Waals surface area contributed by atoms with Crippen LogP contribution in [0, 0.1) is 16.0 Å². The van der Waals surface area contributed by atoms with Gasteiger partial charge in [0.2, 0.25) is 11.8 Å². The lowest BCUT2D eigenvalue weighted by Gasteiger charge is -2.32. The summed E-state index contributed by atoms with van der Waals surface area (Å²) in [5, 5.41) is 11.0. The van der Waals surface area contributed by atoms with Crippen LogP contribution in [0.2, 0.25) is 0 Å². The molecule has 31 heavy (non-hydrogen) atoms. The largest absolute Gasteiger partial charge is 0.573 e. The van der Waals surface area contributed by atoms with E-state index in [-0.39, 0.29) is 41.6 Å². The summed E-state index contributed by atoms with van der Waals surface area (Å²) in [4.78, 5) is 20.1. The third-order valence-corrected chi connectivity index (χ3v) is 5.19. The number of anilines is 2. The molecule has 0 spiro atoms. The van der Waals surface area contributed by atoms with E-state index in [2.05, 4.69) is 14.7 Å². The normalized spacial score (nSPS) is 19.1. The fraction of sp³-hybridized carbons (Fsp3) is 0.474. The van der Waals surface area contributed by atoms with Crippen molar-refractivity contribution < 1.29 is 22.8 Å². The predicted octanol–water partition coefficient (Wildman–Crippen LogP) is 3.39. The number of benzene rings is 1. The molecule has 0 radical (unpaired) electrons. The highest BCUT2D eigenvalue weighted by Crippen LogP contribution is 2.31. The molecule has 1 saturated carbocycles. The molecule has 0 aliphatic heterocycles. The number of alkyl halides is 3. The molecule has 0 amide bonds. The van der Waals surface area contributed by atoms with E-state index >= 15 is 0 Å². The molecular weight excluding hydrogens is 417 g/mol. The van der Waals surface area contributed by atoms with Crippen molar-refractivity contribution in [3.63, 3.8) is 0 Å². The minimum Gasteiger partial charge on any atom is -0.405 e.